The smallest absolute Gasteiger partial charge is 0.365 e. The summed E-state index contributed by atoms with van der Waals surface area (Å²) >= 11 is 0. The molecule has 0 saturated carbocycles. The Morgan fingerprint density at radius 1 is 1.11 bits per heavy atom. The molecule has 1 N–H and O–H groups in total. The fourth-order valence-electron chi connectivity index (χ4n) is 2.78. The van der Waals surface area contributed by atoms with Crippen LogP contribution in [0.5, 0.6) is 0 Å². The molecule has 0 radical (unpaired) electrons. The van der Waals surface area contributed by atoms with E-state index >= 15 is 0 Å². The van der Waals surface area contributed by atoms with Crippen molar-refractivity contribution in [1.82, 2.24) is 19.9 Å². The number of rotatable bonds is 7. The minimum Gasteiger partial charge on any atom is -0.365 e. The molecule has 0 unspecified atom stereocenters. The first kappa shape index (κ1) is 19.7. The van der Waals surface area contributed by atoms with Crippen molar-refractivity contribution in [3.05, 3.63) is 53.7 Å². The normalized spacial score (nSPS) is 11.6. The Hall–Kier alpha value is -3.10. The number of aromatic nitrogens is 4. The number of alkyl halides is 3. The molecule has 0 bridgehead atoms. The Kier molecular flexibility index (Phi) is 5.81. The highest BCUT2D eigenvalue weighted by molar-refractivity contribution is 5.87. The summed E-state index contributed by atoms with van der Waals surface area (Å²) in [4.78, 5) is 28.2. The number of pyridine rings is 2. The van der Waals surface area contributed by atoms with Gasteiger partial charge >= 0.3 is 6.18 Å². The fourth-order valence-corrected chi connectivity index (χ4v) is 2.78. The molecule has 0 atom stereocenters. The van der Waals surface area contributed by atoms with Gasteiger partial charge in [-0.2, -0.15) is 13.2 Å². The van der Waals surface area contributed by atoms with E-state index in [1.165, 1.54) is 12.1 Å². The van der Waals surface area contributed by atoms with Crippen LogP contribution >= 0.6 is 0 Å². The lowest BCUT2D eigenvalue weighted by Crippen LogP contribution is -2.15. The Balaban J connectivity index is 1.91. The highest BCUT2D eigenvalue weighted by Crippen LogP contribution is 2.30. The lowest BCUT2D eigenvalue weighted by Gasteiger charge is -2.14. The van der Waals surface area contributed by atoms with E-state index in [0.717, 1.165) is 12.6 Å². The first-order valence-electron chi connectivity index (χ1n) is 8.76. The predicted octanol–water partition coefficient (Wildman–Crippen LogP) is 3.96. The number of carbonyl (C=O) groups is 1. The Morgan fingerprint density at radius 2 is 1.86 bits per heavy atom. The number of halogens is 3. The molecule has 3 aromatic heterocycles. The zero-order valence-corrected chi connectivity index (χ0v) is 15.1. The van der Waals surface area contributed by atoms with Gasteiger partial charge in [-0.05, 0) is 24.6 Å². The van der Waals surface area contributed by atoms with Gasteiger partial charge in [0.25, 0.3) is 0 Å². The largest absolute Gasteiger partial charge is 0.433 e. The zero-order valence-electron chi connectivity index (χ0n) is 15.1. The summed E-state index contributed by atoms with van der Waals surface area (Å²) in [6.07, 6.45) is -0.706. The average Bonchev–Trinajstić information content (AvgIpc) is 2.65. The van der Waals surface area contributed by atoms with Crippen LogP contribution in [-0.4, -0.2) is 25.7 Å². The second-order valence-electron chi connectivity index (χ2n) is 6.19. The van der Waals surface area contributed by atoms with Gasteiger partial charge < -0.3 is 5.32 Å². The monoisotopic (exact) mass is 389 g/mol. The third-order valence-electron chi connectivity index (χ3n) is 4.01. The van der Waals surface area contributed by atoms with E-state index in [9.17, 15) is 18.0 Å². The van der Waals surface area contributed by atoms with Gasteiger partial charge in [0.2, 0.25) is 0 Å². The van der Waals surface area contributed by atoms with Crippen molar-refractivity contribution < 1.29 is 18.0 Å². The van der Waals surface area contributed by atoms with Gasteiger partial charge in [-0.15, -0.1) is 0 Å². The van der Waals surface area contributed by atoms with E-state index in [4.69, 9.17) is 0 Å². The highest BCUT2D eigenvalue weighted by atomic mass is 19.4. The summed E-state index contributed by atoms with van der Waals surface area (Å²) in [7, 11) is 0. The van der Waals surface area contributed by atoms with Crippen molar-refractivity contribution in [3.8, 4) is 0 Å². The third-order valence-corrected chi connectivity index (χ3v) is 4.01. The summed E-state index contributed by atoms with van der Waals surface area (Å²) in [5.74, 6) is 0.610. The Labute approximate surface area is 159 Å². The molecule has 6 nitrogen and oxygen atoms in total. The average molecular weight is 389 g/mol. The van der Waals surface area contributed by atoms with E-state index < -0.39 is 11.9 Å². The minimum atomic E-state index is -4.55. The molecular formula is C19H18F3N5O. The van der Waals surface area contributed by atoms with Crippen LogP contribution in [0, 0.1) is 0 Å². The van der Waals surface area contributed by atoms with Crippen molar-refractivity contribution in [2.24, 2.45) is 0 Å². The predicted molar refractivity (Wildman–Crippen MR) is 97.5 cm³/mol. The van der Waals surface area contributed by atoms with Crippen LogP contribution in [0.25, 0.3) is 11.0 Å². The van der Waals surface area contributed by atoms with Crippen molar-refractivity contribution in [3.63, 3.8) is 0 Å². The third kappa shape index (κ3) is 4.59. The molecule has 0 aliphatic heterocycles. The number of hydrogen-bond donors (Lipinski definition) is 1. The number of hydrogen-bond acceptors (Lipinski definition) is 6. The molecule has 0 aliphatic rings. The van der Waals surface area contributed by atoms with Gasteiger partial charge in [-0.3, -0.25) is 9.78 Å². The van der Waals surface area contributed by atoms with Crippen LogP contribution in [0.2, 0.25) is 0 Å². The number of nitrogens with zero attached hydrogens (tertiary/aromatic N) is 4. The van der Waals surface area contributed by atoms with Gasteiger partial charge in [0, 0.05) is 30.9 Å². The van der Waals surface area contributed by atoms with Crippen molar-refractivity contribution in [1.29, 1.82) is 0 Å². The van der Waals surface area contributed by atoms with Crippen LogP contribution in [0.4, 0.5) is 19.0 Å². The molecule has 0 aliphatic carbocycles. The van der Waals surface area contributed by atoms with Gasteiger partial charge in [-0.1, -0.05) is 13.0 Å². The SMILES string of the molecule is CCCC(=O)Cc1nc(NCc2cccnc2C(F)(F)F)c2cccnc2n1. The molecule has 28 heavy (non-hydrogen) atoms. The first-order valence-corrected chi connectivity index (χ1v) is 8.76. The quantitative estimate of drug-likeness (QED) is 0.659. The molecule has 3 aromatic rings. The van der Waals surface area contributed by atoms with Crippen LogP contribution in [0.3, 0.4) is 0 Å². The number of anilines is 1. The van der Waals surface area contributed by atoms with E-state index in [1.807, 2.05) is 6.92 Å². The molecule has 0 aromatic carbocycles. The molecule has 146 valence electrons. The van der Waals surface area contributed by atoms with E-state index in [-0.39, 0.29) is 30.1 Å². The standard InChI is InChI=1S/C19H18F3N5O/c1-2-5-13(28)10-15-26-17-14(7-4-9-24-17)18(27-15)25-11-12-6-3-8-23-16(12)19(20,21)22/h3-4,6-9H,2,5,10-11H2,1H3,(H,24,25,26,27). The Morgan fingerprint density at radius 3 is 2.61 bits per heavy atom. The van der Waals surface area contributed by atoms with Gasteiger partial charge in [0.15, 0.2) is 5.65 Å². The summed E-state index contributed by atoms with van der Waals surface area (Å²) in [6.45, 7) is 1.77. The highest BCUT2D eigenvalue weighted by Gasteiger charge is 2.34. The van der Waals surface area contributed by atoms with Crippen LogP contribution in [-0.2, 0) is 23.9 Å². The molecule has 0 fully saturated rings. The number of nitrogens with one attached hydrogen (secondary N) is 1. The number of fused-ring (bicyclic) bond motifs is 1. The number of Topliss-reactive ketones (excluding diaryl/α,β-unsaturated/α-hetero) is 1. The molecule has 0 amide bonds. The first-order chi connectivity index (χ1) is 13.4. The van der Waals surface area contributed by atoms with Crippen molar-refractivity contribution in [2.45, 2.75) is 38.9 Å². The van der Waals surface area contributed by atoms with Crippen molar-refractivity contribution >= 4 is 22.6 Å². The number of ketones is 1. The number of carbonyl (C=O) groups excluding carboxylic acids is 1. The van der Waals surface area contributed by atoms with Gasteiger partial charge in [-0.25, -0.2) is 15.0 Å². The lowest BCUT2D eigenvalue weighted by molar-refractivity contribution is -0.141. The van der Waals surface area contributed by atoms with Crippen LogP contribution in [0.1, 0.15) is 36.8 Å². The minimum absolute atomic E-state index is 0.00431. The topological polar surface area (TPSA) is 80.7 Å². The second-order valence-corrected chi connectivity index (χ2v) is 6.19. The fraction of sp³-hybridized carbons (Fsp3) is 0.316. The second kappa shape index (κ2) is 8.28. The molecule has 3 rings (SSSR count). The molecular weight excluding hydrogens is 371 g/mol. The van der Waals surface area contributed by atoms with E-state index in [1.54, 1.807) is 18.3 Å². The van der Waals surface area contributed by atoms with Crippen LogP contribution in [0.15, 0.2) is 36.7 Å². The summed E-state index contributed by atoms with van der Waals surface area (Å²) in [5, 5.41) is 3.48. The molecule has 0 spiro atoms. The van der Waals surface area contributed by atoms with E-state index in [0.29, 0.717) is 23.3 Å². The molecule has 0 saturated heterocycles. The maximum Gasteiger partial charge on any atom is 0.433 e. The summed E-state index contributed by atoms with van der Waals surface area (Å²) < 4.78 is 39.4. The molecule has 3 heterocycles. The van der Waals surface area contributed by atoms with Gasteiger partial charge in [0.05, 0.1) is 11.8 Å². The van der Waals surface area contributed by atoms with Gasteiger partial charge in [0.1, 0.15) is 23.1 Å². The summed E-state index contributed by atoms with van der Waals surface area (Å²) in [6, 6.07) is 6.21. The van der Waals surface area contributed by atoms with Crippen LogP contribution < -0.4 is 5.32 Å². The lowest BCUT2D eigenvalue weighted by atomic mass is 10.1. The Bertz CT molecular complexity index is 991. The van der Waals surface area contributed by atoms with E-state index in [2.05, 4.69) is 25.3 Å². The molecule has 9 heteroatoms. The summed E-state index contributed by atoms with van der Waals surface area (Å²) in [5.41, 5.74) is -0.576. The zero-order chi connectivity index (χ0) is 20.1. The maximum atomic E-state index is 13.1. The van der Waals surface area contributed by atoms with Crippen molar-refractivity contribution in [2.75, 3.05) is 5.32 Å². The maximum absolute atomic E-state index is 13.1.